The molecular formula is C12H17N3OS. The first-order valence-electron chi connectivity index (χ1n) is 5.71. The molecule has 1 unspecified atom stereocenters. The van der Waals surface area contributed by atoms with Gasteiger partial charge in [0.15, 0.2) is 0 Å². The molecule has 2 aromatic heterocycles. The molecule has 0 aliphatic carbocycles. The van der Waals surface area contributed by atoms with E-state index in [9.17, 15) is 4.79 Å². The van der Waals surface area contributed by atoms with E-state index >= 15 is 0 Å². The Bertz CT molecular complexity index is 573. The van der Waals surface area contributed by atoms with Crippen molar-refractivity contribution in [3.8, 4) is 0 Å². The Kier molecular flexibility index (Phi) is 3.59. The van der Waals surface area contributed by atoms with Crippen molar-refractivity contribution in [3.05, 3.63) is 27.6 Å². The van der Waals surface area contributed by atoms with Crippen LogP contribution in [0, 0.1) is 12.8 Å². The number of fused-ring (bicyclic) bond motifs is 1. The van der Waals surface area contributed by atoms with Gasteiger partial charge in [-0.15, -0.1) is 11.3 Å². The van der Waals surface area contributed by atoms with Crippen LogP contribution in [0.4, 0.5) is 0 Å². The molecule has 1 atom stereocenters. The van der Waals surface area contributed by atoms with Crippen LogP contribution in [-0.2, 0) is 6.54 Å². The second kappa shape index (κ2) is 4.98. The van der Waals surface area contributed by atoms with E-state index in [1.807, 2.05) is 19.4 Å². The van der Waals surface area contributed by atoms with Crippen molar-refractivity contribution in [2.45, 2.75) is 20.4 Å². The largest absolute Gasteiger partial charge is 0.319 e. The van der Waals surface area contributed by atoms with Gasteiger partial charge in [0, 0.05) is 6.54 Å². The van der Waals surface area contributed by atoms with Gasteiger partial charge in [0.05, 0.1) is 11.8 Å². The summed E-state index contributed by atoms with van der Waals surface area (Å²) in [7, 11) is 1.92. The van der Waals surface area contributed by atoms with Crippen LogP contribution in [0.5, 0.6) is 0 Å². The summed E-state index contributed by atoms with van der Waals surface area (Å²) >= 11 is 1.48. The average Bonchev–Trinajstić information content (AvgIpc) is 2.66. The van der Waals surface area contributed by atoms with E-state index in [0.29, 0.717) is 12.5 Å². The molecule has 2 aromatic rings. The number of hydrogen-bond donors (Lipinski definition) is 1. The Morgan fingerprint density at radius 3 is 3.06 bits per heavy atom. The van der Waals surface area contributed by atoms with Crippen molar-refractivity contribution in [3.63, 3.8) is 0 Å². The summed E-state index contributed by atoms with van der Waals surface area (Å²) in [5, 5.41) is 5.10. The van der Waals surface area contributed by atoms with Crippen LogP contribution in [-0.4, -0.2) is 23.1 Å². The maximum atomic E-state index is 12.2. The number of nitrogens with one attached hydrogen (secondary N) is 1. The van der Waals surface area contributed by atoms with Gasteiger partial charge >= 0.3 is 0 Å². The highest BCUT2D eigenvalue weighted by atomic mass is 32.1. The van der Waals surface area contributed by atoms with Gasteiger partial charge in [-0.3, -0.25) is 9.36 Å². The first-order valence-corrected chi connectivity index (χ1v) is 6.59. The molecule has 0 saturated heterocycles. The fourth-order valence-electron chi connectivity index (χ4n) is 1.94. The standard InChI is InChI=1S/C12H17N3OS/c1-8(4-13-3)5-15-7-14-10-9(2)6-17-11(10)12(15)16/h6-8,13H,4-5H2,1-3H3. The van der Waals surface area contributed by atoms with Gasteiger partial charge in [0.2, 0.25) is 0 Å². The van der Waals surface area contributed by atoms with Crippen LogP contribution in [0.15, 0.2) is 16.5 Å². The van der Waals surface area contributed by atoms with E-state index in [-0.39, 0.29) is 5.56 Å². The molecule has 0 saturated carbocycles. The Morgan fingerprint density at radius 1 is 1.59 bits per heavy atom. The molecule has 2 heterocycles. The number of nitrogens with zero attached hydrogens (tertiary/aromatic N) is 2. The van der Waals surface area contributed by atoms with Crippen molar-refractivity contribution in [2.75, 3.05) is 13.6 Å². The third-order valence-electron chi connectivity index (χ3n) is 2.78. The van der Waals surface area contributed by atoms with Crippen molar-refractivity contribution in [1.82, 2.24) is 14.9 Å². The molecule has 1 N–H and O–H groups in total. The average molecular weight is 251 g/mol. The van der Waals surface area contributed by atoms with Crippen LogP contribution in [0.25, 0.3) is 10.2 Å². The van der Waals surface area contributed by atoms with Gasteiger partial charge in [0.1, 0.15) is 4.70 Å². The molecule has 2 rings (SSSR count). The lowest BCUT2D eigenvalue weighted by Crippen LogP contribution is -2.27. The molecule has 0 amide bonds. The van der Waals surface area contributed by atoms with Crippen molar-refractivity contribution < 1.29 is 0 Å². The van der Waals surface area contributed by atoms with E-state index in [1.54, 1.807) is 10.9 Å². The number of rotatable bonds is 4. The summed E-state index contributed by atoms with van der Waals surface area (Å²) < 4.78 is 2.47. The second-order valence-corrected chi connectivity index (χ2v) is 5.34. The van der Waals surface area contributed by atoms with Gasteiger partial charge in [-0.05, 0) is 37.4 Å². The third-order valence-corrected chi connectivity index (χ3v) is 3.86. The molecular weight excluding hydrogens is 234 g/mol. The van der Waals surface area contributed by atoms with Gasteiger partial charge < -0.3 is 5.32 Å². The van der Waals surface area contributed by atoms with E-state index in [4.69, 9.17) is 0 Å². The van der Waals surface area contributed by atoms with Gasteiger partial charge in [-0.2, -0.15) is 0 Å². The fraction of sp³-hybridized carbons (Fsp3) is 0.500. The minimum Gasteiger partial charge on any atom is -0.319 e. The Labute approximate surface area is 104 Å². The maximum absolute atomic E-state index is 12.2. The number of aromatic nitrogens is 2. The smallest absolute Gasteiger partial charge is 0.271 e. The fourth-order valence-corrected chi connectivity index (χ4v) is 2.89. The lowest BCUT2D eigenvalue weighted by molar-refractivity contribution is 0.453. The first kappa shape index (κ1) is 12.3. The van der Waals surface area contributed by atoms with Crippen LogP contribution in [0.3, 0.4) is 0 Å². The summed E-state index contributed by atoms with van der Waals surface area (Å²) in [6.07, 6.45) is 1.66. The Hall–Kier alpha value is -1.20. The summed E-state index contributed by atoms with van der Waals surface area (Å²) in [6, 6.07) is 0. The number of aryl methyl sites for hydroxylation is 1. The molecule has 0 aromatic carbocycles. The van der Waals surface area contributed by atoms with E-state index in [2.05, 4.69) is 17.2 Å². The molecule has 0 fully saturated rings. The molecule has 92 valence electrons. The summed E-state index contributed by atoms with van der Waals surface area (Å²) in [5.41, 5.74) is 2.01. The number of thiophene rings is 1. The highest BCUT2D eigenvalue weighted by Gasteiger charge is 2.10. The minimum absolute atomic E-state index is 0.0797. The minimum atomic E-state index is 0.0797. The molecule has 0 bridgehead atoms. The zero-order valence-corrected chi connectivity index (χ0v) is 11.2. The highest BCUT2D eigenvalue weighted by molar-refractivity contribution is 7.17. The van der Waals surface area contributed by atoms with Crippen LogP contribution >= 0.6 is 11.3 Å². The SMILES string of the molecule is CNCC(C)Cn1cnc2c(C)csc2c1=O. The Balaban J connectivity index is 2.36. The Morgan fingerprint density at radius 2 is 2.35 bits per heavy atom. The molecule has 0 aliphatic rings. The summed E-state index contributed by atoms with van der Waals surface area (Å²) in [5.74, 6) is 0.415. The lowest BCUT2D eigenvalue weighted by Gasteiger charge is -2.12. The summed E-state index contributed by atoms with van der Waals surface area (Å²) in [6.45, 7) is 5.71. The van der Waals surface area contributed by atoms with Gasteiger partial charge in [-0.25, -0.2) is 4.98 Å². The predicted molar refractivity (Wildman–Crippen MR) is 71.7 cm³/mol. The summed E-state index contributed by atoms with van der Waals surface area (Å²) in [4.78, 5) is 16.6. The topological polar surface area (TPSA) is 46.9 Å². The third kappa shape index (κ3) is 2.40. The molecule has 0 aliphatic heterocycles. The lowest BCUT2D eigenvalue weighted by atomic mass is 10.2. The zero-order valence-electron chi connectivity index (χ0n) is 10.4. The van der Waals surface area contributed by atoms with E-state index in [0.717, 1.165) is 22.3 Å². The van der Waals surface area contributed by atoms with Crippen molar-refractivity contribution in [2.24, 2.45) is 5.92 Å². The van der Waals surface area contributed by atoms with E-state index < -0.39 is 0 Å². The first-order chi connectivity index (χ1) is 8.13. The zero-order chi connectivity index (χ0) is 12.4. The van der Waals surface area contributed by atoms with Crippen LogP contribution < -0.4 is 10.9 Å². The van der Waals surface area contributed by atoms with Crippen molar-refractivity contribution >= 4 is 21.6 Å². The predicted octanol–water partition coefficient (Wildman–Crippen LogP) is 1.62. The molecule has 0 radical (unpaired) electrons. The van der Waals surface area contributed by atoms with Crippen LogP contribution in [0.1, 0.15) is 12.5 Å². The monoisotopic (exact) mass is 251 g/mol. The highest BCUT2D eigenvalue weighted by Crippen LogP contribution is 2.19. The van der Waals surface area contributed by atoms with Crippen molar-refractivity contribution in [1.29, 1.82) is 0 Å². The maximum Gasteiger partial charge on any atom is 0.271 e. The van der Waals surface area contributed by atoms with Gasteiger partial charge in [-0.1, -0.05) is 6.92 Å². The second-order valence-electron chi connectivity index (χ2n) is 4.46. The normalized spacial score (nSPS) is 13.1. The molecule has 5 heteroatoms. The molecule has 4 nitrogen and oxygen atoms in total. The van der Waals surface area contributed by atoms with Gasteiger partial charge in [0.25, 0.3) is 5.56 Å². The van der Waals surface area contributed by atoms with E-state index in [1.165, 1.54) is 11.3 Å². The number of hydrogen-bond acceptors (Lipinski definition) is 4. The molecule has 0 spiro atoms. The van der Waals surface area contributed by atoms with Crippen LogP contribution in [0.2, 0.25) is 0 Å². The molecule has 17 heavy (non-hydrogen) atoms. The quantitative estimate of drug-likeness (QED) is 0.898.